The molecular formula is C23H27FN4OS. The van der Waals surface area contributed by atoms with Crippen LogP contribution in [0.5, 0.6) is 0 Å². The van der Waals surface area contributed by atoms with E-state index in [0.29, 0.717) is 0 Å². The second-order valence-electron chi connectivity index (χ2n) is 8.10. The summed E-state index contributed by atoms with van der Waals surface area (Å²) >= 11 is 1.71. The van der Waals surface area contributed by atoms with E-state index in [1.54, 1.807) is 34.7 Å². The van der Waals surface area contributed by atoms with Gasteiger partial charge in [-0.05, 0) is 56.9 Å². The predicted molar refractivity (Wildman–Crippen MR) is 119 cm³/mol. The topological polar surface area (TPSA) is 49.3 Å². The van der Waals surface area contributed by atoms with Crippen LogP contribution in [0.4, 0.5) is 10.2 Å². The summed E-state index contributed by atoms with van der Waals surface area (Å²) in [6.45, 7) is 7.84. The minimum atomic E-state index is -0.262. The lowest BCUT2D eigenvalue weighted by Gasteiger charge is -2.35. The first kappa shape index (κ1) is 20.7. The van der Waals surface area contributed by atoms with Gasteiger partial charge >= 0.3 is 0 Å². The number of amides is 1. The number of thiophene rings is 1. The van der Waals surface area contributed by atoms with Gasteiger partial charge in [-0.3, -0.25) is 4.79 Å². The van der Waals surface area contributed by atoms with Gasteiger partial charge in [-0.15, -0.1) is 11.3 Å². The smallest absolute Gasteiger partial charge is 0.226 e. The second kappa shape index (κ2) is 8.30. The van der Waals surface area contributed by atoms with E-state index >= 15 is 0 Å². The molecular weight excluding hydrogens is 399 g/mol. The highest BCUT2D eigenvalue weighted by Crippen LogP contribution is 2.36. The number of carbonyl (C=O) groups is 1. The van der Waals surface area contributed by atoms with Crippen LogP contribution >= 0.6 is 11.3 Å². The van der Waals surface area contributed by atoms with Crippen molar-refractivity contribution >= 4 is 33.3 Å². The molecule has 0 radical (unpaired) electrons. The van der Waals surface area contributed by atoms with Gasteiger partial charge in [-0.2, -0.15) is 0 Å². The summed E-state index contributed by atoms with van der Waals surface area (Å²) in [5.74, 6) is 0.876. The maximum atomic E-state index is 13.2. The van der Waals surface area contributed by atoms with E-state index in [1.165, 1.54) is 22.6 Å². The van der Waals surface area contributed by atoms with E-state index in [0.717, 1.165) is 47.5 Å². The maximum absolute atomic E-state index is 13.2. The molecule has 4 rings (SSSR count). The first-order chi connectivity index (χ1) is 14.4. The molecule has 0 bridgehead atoms. The Bertz CT molecular complexity index is 1060. The Kier molecular flexibility index (Phi) is 5.73. The minimum Gasteiger partial charge on any atom is -0.356 e. The Labute approximate surface area is 180 Å². The molecule has 158 valence electrons. The number of benzene rings is 1. The van der Waals surface area contributed by atoms with Crippen LogP contribution < -0.4 is 4.90 Å². The molecule has 0 saturated carbocycles. The Morgan fingerprint density at radius 1 is 1.20 bits per heavy atom. The quantitative estimate of drug-likeness (QED) is 0.596. The van der Waals surface area contributed by atoms with E-state index in [2.05, 4.69) is 28.7 Å². The maximum Gasteiger partial charge on any atom is 0.226 e. The van der Waals surface area contributed by atoms with E-state index in [4.69, 9.17) is 0 Å². The van der Waals surface area contributed by atoms with Crippen molar-refractivity contribution in [3.8, 4) is 0 Å². The third-order valence-electron chi connectivity index (χ3n) is 6.37. The third kappa shape index (κ3) is 3.78. The van der Waals surface area contributed by atoms with Gasteiger partial charge in [0.25, 0.3) is 0 Å². The van der Waals surface area contributed by atoms with E-state index < -0.39 is 0 Å². The summed E-state index contributed by atoms with van der Waals surface area (Å²) in [6.07, 6.45) is 3.24. The van der Waals surface area contributed by atoms with Crippen LogP contribution in [-0.2, 0) is 4.79 Å². The SMILES string of the molecule is Cc1sc2ncnc(N3CCC(C(=O)N(C)C(C)c4ccc(F)cc4)CC3)c2c1C. The van der Waals surface area contributed by atoms with Gasteiger partial charge in [0.15, 0.2) is 0 Å². The van der Waals surface area contributed by atoms with Crippen LogP contribution in [0.2, 0.25) is 0 Å². The van der Waals surface area contributed by atoms with Crippen LogP contribution in [0.15, 0.2) is 30.6 Å². The monoisotopic (exact) mass is 426 g/mol. The number of rotatable bonds is 4. The molecule has 1 amide bonds. The van der Waals surface area contributed by atoms with Crippen LogP contribution in [0.1, 0.15) is 41.8 Å². The molecule has 5 nitrogen and oxygen atoms in total. The Balaban J connectivity index is 1.44. The van der Waals surface area contributed by atoms with Crippen molar-refractivity contribution < 1.29 is 9.18 Å². The number of fused-ring (bicyclic) bond motifs is 1. The molecule has 1 saturated heterocycles. The fourth-order valence-electron chi connectivity index (χ4n) is 4.19. The summed E-state index contributed by atoms with van der Waals surface area (Å²) in [6, 6.07) is 6.29. The first-order valence-electron chi connectivity index (χ1n) is 10.3. The molecule has 0 aliphatic carbocycles. The number of aromatic nitrogens is 2. The zero-order valence-electron chi connectivity index (χ0n) is 17.9. The number of nitrogens with zero attached hydrogens (tertiary/aromatic N) is 4. The fraction of sp³-hybridized carbons (Fsp3) is 0.435. The van der Waals surface area contributed by atoms with Crippen molar-refractivity contribution in [2.75, 3.05) is 25.0 Å². The molecule has 0 spiro atoms. The predicted octanol–water partition coefficient (Wildman–Crippen LogP) is 4.88. The van der Waals surface area contributed by atoms with Crippen molar-refractivity contribution in [3.63, 3.8) is 0 Å². The van der Waals surface area contributed by atoms with Crippen LogP contribution in [0.25, 0.3) is 10.2 Å². The molecule has 1 aliphatic heterocycles. The summed E-state index contributed by atoms with van der Waals surface area (Å²) < 4.78 is 13.2. The van der Waals surface area contributed by atoms with Gasteiger partial charge in [-0.1, -0.05) is 12.1 Å². The van der Waals surface area contributed by atoms with Crippen molar-refractivity contribution in [1.82, 2.24) is 14.9 Å². The Hall–Kier alpha value is -2.54. The number of aryl methyl sites for hydroxylation is 2. The van der Waals surface area contributed by atoms with Gasteiger partial charge in [0.1, 0.15) is 22.8 Å². The Morgan fingerprint density at radius 2 is 1.87 bits per heavy atom. The summed E-state index contributed by atoms with van der Waals surface area (Å²) in [7, 11) is 1.84. The lowest BCUT2D eigenvalue weighted by atomic mass is 9.94. The van der Waals surface area contributed by atoms with E-state index in [9.17, 15) is 9.18 Å². The number of hydrogen-bond acceptors (Lipinski definition) is 5. The zero-order valence-corrected chi connectivity index (χ0v) is 18.7. The number of piperidine rings is 1. The average Bonchev–Trinajstić information content (AvgIpc) is 3.06. The van der Waals surface area contributed by atoms with Crippen LogP contribution in [0.3, 0.4) is 0 Å². The average molecular weight is 427 g/mol. The number of anilines is 1. The van der Waals surface area contributed by atoms with Crippen molar-refractivity contribution in [1.29, 1.82) is 0 Å². The standard InChI is InChI=1S/C23H27FN4OS/c1-14-16(3)30-22-20(14)21(25-13-26-22)28-11-9-18(10-12-28)23(29)27(4)15(2)17-5-7-19(24)8-6-17/h5-8,13,15,18H,9-12H2,1-4H3. The first-order valence-corrected chi connectivity index (χ1v) is 11.2. The molecule has 1 aromatic carbocycles. The number of carbonyl (C=O) groups excluding carboxylic acids is 1. The van der Waals surface area contributed by atoms with Crippen molar-refractivity contribution in [2.45, 2.75) is 39.7 Å². The summed E-state index contributed by atoms with van der Waals surface area (Å²) in [5.41, 5.74) is 2.19. The second-order valence-corrected chi connectivity index (χ2v) is 9.30. The lowest BCUT2D eigenvalue weighted by molar-refractivity contribution is -0.136. The molecule has 3 heterocycles. The molecule has 1 atom stereocenters. The molecule has 3 aromatic rings. The third-order valence-corrected chi connectivity index (χ3v) is 7.49. The van der Waals surface area contributed by atoms with Crippen molar-refractivity contribution in [2.24, 2.45) is 5.92 Å². The van der Waals surface area contributed by atoms with Crippen LogP contribution in [-0.4, -0.2) is 40.9 Å². The highest BCUT2D eigenvalue weighted by Gasteiger charge is 2.30. The van der Waals surface area contributed by atoms with E-state index in [1.807, 2.05) is 14.0 Å². The van der Waals surface area contributed by atoms with Gasteiger partial charge in [-0.25, -0.2) is 14.4 Å². The summed E-state index contributed by atoms with van der Waals surface area (Å²) in [5, 5.41) is 1.15. The van der Waals surface area contributed by atoms with Gasteiger partial charge in [0.2, 0.25) is 5.91 Å². The molecule has 1 fully saturated rings. The zero-order chi connectivity index (χ0) is 21.4. The Morgan fingerprint density at radius 3 is 2.53 bits per heavy atom. The normalized spacial score (nSPS) is 16.1. The number of hydrogen-bond donors (Lipinski definition) is 0. The van der Waals surface area contributed by atoms with Crippen LogP contribution in [0, 0.1) is 25.6 Å². The molecule has 0 N–H and O–H groups in total. The van der Waals surface area contributed by atoms with Gasteiger partial charge in [0, 0.05) is 30.9 Å². The fourth-order valence-corrected chi connectivity index (χ4v) is 5.18. The molecule has 30 heavy (non-hydrogen) atoms. The molecule has 2 aromatic heterocycles. The molecule has 1 aliphatic rings. The minimum absolute atomic E-state index is 0.00298. The summed E-state index contributed by atoms with van der Waals surface area (Å²) in [4.78, 5) is 28.5. The lowest BCUT2D eigenvalue weighted by Crippen LogP contribution is -2.42. The van der Waals surface area contributed by atoms with Crippen molar-refractivity contribution in [3.05, 3.63) is 52.4 Å². The molecule has 7 heteroatoms. The molecule has 1 unspecified atom stereocenters. The van der Waals surface area contributed by atoms with E-state index in [-0.39, 0.29) is 23.7 Å². The number of halogens is 1. The highest BCUT2D eigenvalue weighted by molar-refractivity contribution is 7.18. The van der Waals surface area contributed by atoms with Gasteiger partial charge in [0.05, 0.1) is 11.4 Å². The van der Waals surface area contributed by atoms with Gasteiger partial charge < -0.3 is 9.80 Å². The highest BCUT2D eigenvalue weighted by atomic mass is 32.1. The largest absolute Gasteiger partial charge is 0.356 e.